The molecule has 15 heavy (non-hydrogen) atoms. The summed E-state index contributed by atoms with van der Waals surface area (Å²) in [5.41, 5.74) is -0.924. The Morgan fingerprint density at radius 2 is 1.60 bits per heavy atom. The van der Waals surface area contributed by atoms with E-state index in [0.717, 1.165) is 32.1 Å². The van der Waals surface area contributed by atoms with Gasteiger partial charge in [-0.2, -0.15) is 0 Å². The Morgan fingerprint density at radius 3 is 2.00 bits per heavy atom. The number of hydrogen-bond donors (Lipinski definition) is 2. The lowest BCUT2D eigenvalue weighted by molar-refractivity contribution is -0.151. The maximum absolute atomic E-state index is 11.2. The van der Waals surface area contributed by atoms with Crippen LogP contribution in [0.25, 0.3) is 0 Å². The van der Waals surface area contributed by atoms with E-state index >= 15 is 0 Å². The molecule has 2 unspecified atom stereocenters. The molecule has 84 valence electrons. The molecule has 2 fully saturated rings. The van der Waals surface area contributed by atoms with E-state index in [0.29, 0.717) is 0 Å². The van der Waals surface area contributed by atoms with Crippen LogP contribution in [-0.2, 0) is 9.59 Å². The number of hydrogen-bond acceptors (Lipinski definition) is 2. The molecule has 2 atom stereocenters. The largest absolute Gasteiger partial charge is 0.481 e. The van der Waals surface area contributed by atoms with Gasteiger partial charge in [-0.3, -0.25) is 9.59 Å². The number of carboxylic acid groups (broad SMARTS) is 2. The fourth-order valence-corrected chi connectivity index (χ4v) is 3.33. The van der Waals surface area contributed by atoms with Crippen molar-refractivity contribution < 1.29 is 19.8 Å². The Bertz CT molecular complexity index is 285. The first-order valence-corrected chi connectivity index (χ1v) is 5.54. The van der Waals surface area contributed by atoms with Crippen LogP contribution in [0.2, 0.25) is 0 Å². The highest BCUT2D eigenvalue weighted by molar-refractivity contribution is 5.85. The predicted octanol–water partition coefficient (Wildman–Crippen LogP) is 1.74. The summed E-state index contributed by atoms with van der Waals surface area (Å²) in [4.78, 5) is 22.0. The molecule has 0 radical (unpaired) electrons. The molecule has 0 aliphatic heterocycles. The molecule has 0 bridgehead atoms. The van der Waals surface area contributed by atoms with Crippen LogP contribution in [0.3, 0.4) is 0 Å². The van der Waals surface area contributed by atoms with E-state index < -0.39 is 17.4 Å². The summed E-state index contributed by atoms with van der Waals surface area (Å²) in [5.74, 6) is -1.64. The molecule has 0 aromatic carbocycles. The minimum absolute atomic E-state index is 0.119. The van der Waals surface area contributed by atoms with Crippen LogP contribution in [0.1, 0.15) is 38.5 Å². The van der Waals surface area contributed by atoms with Crippen LogP contribution in [0.15, 0.2) is 0 Å². The molecule has 4 heteroatoms. The van der Waals surface area contributed by atoms with Crippen molar-refractivity contribution in [3.63, 3.8) is 0 Å². The molecule has 2 rings (SSSR count). The average molecular weight is 212 g/mol. The van der Waals surface area contributed by atoms with Gasteiger partial charge in [0.2, 0.25) is 0 Å². The van der Waals surface area contributed by atoms with Crippen LogP contribution < -0.4 is 0 Å². The fraction of sp³-hybridized carbons (Fsp3) is 0.818. The van der Waals surface area contributed by atoms with Crippen molar-refractivity contribution in [3.05, 3.63) is 0 Å². The summed E-state index contributed by atoms with van der Waals surface area (Å²) in [6.45, 7) is 0. The number of carbonyl (C=O) groups is 2. The van der Waals surface area contributed by atoms with Gasteiger partial charge in [-0.1, -0.05) is 19.3 Å². The summed E-state index contributed by atoms with van der Waals surface area (Å²) in [5, 5.41) is 18.0. The zero-order chi connectivity index (χ0) is 11.1. The van der Waals surface area contributed by atoms with Gasteiger partial charge in [-0.05, 0) is 24.7 Å². The second-order valence-electron chi connectivity index (χ2n) is 4.77. The topological polar surface area (TPSA) is 74.6 Å². The van der Waals surface area contributed by atoms with E-state index in [-0.39, 0.29) is 18.3 Å². The second kappa shape index (κ2) is 3.51. The van der Waals surface area contributed by atoms with Gasteiger partial charge in [0, 0.05) is 0 Å². The van der Waals surface area contributed by atoms with Crippen LogP contribution >= 0.6 is 0 Å². The lowest BCUT2D eigenvalue weighted by Crippen LogP contribution is -2.23. The molecule has 0 heterocycles. The van der Waals surface area contributed by atoms with E-state index in [1.165, 1.54) is 0 Å². The van der Waals surface area contributed by atoms with E-state index in [9.17, 15) is 14.7 Å². The summed E-state index contributed by atoms with van der Waals surface area (Å²) in [6, 6.07) is 0. The average Bonchev–Trinajstić information content (AvgIpc) is 2.78. The lowest BCUT2D eigenvalue weighted by atomic mass is 9.93. The molecule has 4 nitrogen and oxygen atoms in total. The van der Waals surface area contributed by atoms with E-state index in [4.69, 9.17) is 5.11 Å². The maximum Gasteiger partial charge on any atom is 0.310 e. The van der Waals surface area contributed by atoms with Gasteiger partial charge in [-0.15, -0.1) is 0 Å². The normalized spacial score (nSPS) is 38.9. The van der Waals surface area contributed by atoms with Crippen LogP contribution in [0.5, 0.6) is 0 Å². The number of carboxylic acids is 2. The van der Waals surface area contributed by atoms with E-state index in [2.05, 4.69) is 0 Å². The Kier molecular flexibility index (Phi) is 2.44. The Balaban J connectivity index is 2.16. The zero-order valence-corrected chi connectivity index (χ0v) is 8.61. The first-order valence-electron chi connectivity index (χ1n) is 5.54. The van der Waals surface area contributed by atoms with Gasteiger partial charge in [0.25, 0.3) is 0 Å². The Labute approximate surface area is 88.3 Å². The van der Waals surface area contributed by atoms with Crippen molar-refractivity contribution in [1.29, 1.82) is 0 Å². The third-order valence-corrected chi connectivity index (χ3v) is 4.07. The van der Waals surface area contributed by atoms with Gasteiger partial charge >= 0.3 is 11.9 Å². The van der Waals surface area contributed by atoms with E-state index in [1.54, 1.807) is 0 Å². The quantitative estimate of drug-likeness (QED) is 0.747. The lowest BCUT2D eigenvalue weighted by Gasteiger charge is -2.11. The van der Waals surface area contributed by atoms with Crippen molar-refractivity contribution in [3.8, 4) is 0 Å². The molecule has 2 aliphatic rings. The third kappa shape index (κ3) is 1.52. The van der Waals surface area contributed by atoms with Crippen LogP contribution in [0, 0.1) is 17.3 Å². The molecular weight excluding hydrogens is 196 g/mol. The highest BCUT2D eigenvalue weighted by Crippen LogP contribution is 2.66. The maximum atomic E-state index is 11.2. The smallest absolute Gasteiger partial charge is 0.310 e. The molecule has 0 aromatic rings. The molecule has 0 amide bonds. The molecule has 2 saturated carbocycles. The number of rotatable bonds is 3. The summed E-state index contributed by atoms with van der Waals surface area (Å²) < 4.78 is 0. The molecule has 2 aliphatic carbocycles. The first-order chi connectivity index (χ1) is 7.09. The fourth-order valence-electron chi connectivity index (χ4n) is 3.33. The van der Waals surface area contributed by atoms with Crippen LogP contribution in [0.4, 0.5) is 0 Å². The van der Waals surface area contributed by atoms with Gasteiger partial charge < -0.3 is 10.2 Å². The molecule has 2 N–H and O–H groups in total. The first kappa shape index (κ1) is 10.5. The summed E-state index contributed by atoms with van der Waals surface area (Å²) >= 11 is 0. The van der Waals surface area contributed by atoms with Gasteiger partial charge in [-0.25, -0.2) is 0 Å². The molecule has 0 spiro atoms. The SMILES string of the molecule is O=C(O)CC1(C(=O)O)C2CCCCCC21. The van der Waals surface area contributed by atoms with Gasteiger partial charge in [0.05, 0.1) is 11.8 Å². The third-order valence-electron chi connectivity index (χ3n) is 4.07. The molecule has 0 aromatic heterocycles. The standard InChI is InChI=1S/C11H16O4/c12-9(13)6-11(10(14)15)7-4-2-1-3-5-8(7)11/h7-8H,1-6H2,(H,12,13)(H,14,15). The molecule has 0 saturated heterocycles. The Hall–Kier alpha value is -1.06. The van der Waals surface area contributed by atoms with Crippen LogP contribution in [-0.4, -0.2) is 22.2 Å². The minimum Gasteiger partial charge on any atom is -0.481 e. The van der Waals surface area contributed by atoms with Gasteiger partial charge in [0.1, 0.15) is 0 Å². The summed E-state index contributed by atoms with van der Waals surface area (Å²) in [6.07, 6.45) is 4.85. The molecular formula is C11H16O4. The van der Waals surface area contributed by atoms with Crippen molar-refractivity contribution >= 4 is 11.9 Å². The van der Waals surface area contributed by atoms with Crippen molar-refractivity contribution in [1.82, 2.24) is 0 Å². The van der Waals surface area contributed by atoms with Gasteiger partial charge in [0.15, 0.2) is 0 Å². The highest BCUT2D eigenvalue weighted by Gasteiger charge is 2.69. The second-order valence-corrected chi connectivity index (χ2v) is 4.77. The van der Waals surface area contributed by atoms with Crippen molar-refractivity contribution in [2.75, 3.05) is 0 Å². The zero-order valence-electron chi connectivity index (χ0n) is 8.61. The van der Waals surface area contributed by atoms with E-state index in [1.807, 2.05) is 0 Å². The summed E-state index contributed by atoms with van der Waals surface area (Å²) in [7, 11) is 0. The predicted molar refractivity (Wildman–Crippen MR) is 52.4 cm³/mol. The van der Waals surface area contributed by atoms with Crippen molar-refractivity contribution in [2.45, 2.75) is 38.5 Å². The number of aliphatic carboxylic acids is 2. The number of fused-ring (bicyclic) bond motifs is 1. The Morgan fingerprint density at radius 1 is 1.07 bits per heavy atom. The minimum atomic E-state index is -0.981. The van der Waals surface area contributed by atoms with Crippen molar-refractivity contribution in [2.24, 2.45) is 17.3 Å². The monoisotopic (exact) mass is 212 g/mol. The highest BCUT2D eigenvalue weighted by atomic mass is 16.4.